The minimum atomic E-state index is -4.29. The number of nitrogens with zero attached hydrogens (tertiary/aromatic N) is 2. The van der Waals surface area contributed by atoms with Crippen molar-refractivity contribution >= 4 is 27.6 Å². The number of Topliss-reactive ketones (excluding diaryl/α,β-unsaturated/α-hetero) is 1. The Bertz CT molecular complexity index is 833. The van der Waals surface area contributed by atoms with E-state index in [0.717, 1.165) is 24.3 Å². The van der Waals surface area contributed by atoms with E-state index in [1.165, 1.54) is 6.08 Å². The SMILES string of the molecule is C=C[C@H]1C[C@@H](CC(=O)CC)OC(=O)N1S(=O)(=O)c1ccc([N+](=O)[O-])cc1. The summed E-state index contributed by atoms with van der Waals surface area (Å²) < 4.78 is 31.2. The van der Waals surface area contributed by atoms with E-state index in [4.69, 9.17) is 4.74 Å². The van der Waals surface area contributed by atoms with Crippen molar-refractivity contribution < 1.29 is 27.7 Å². The summed E-state index contributed by atoms with van der Waals surface area (Å²) in [6.45, 7) is 5.24. The molecule has 2 atom stereocenters. The molecule has 0 radical (unpaired) electrons. The van der Waals surface area contributed by atoms with Gasteiger partial charge in [-0.25, -0.2) is 13.2 Å². The van der Waals surface area contributed by atoms with Gasteiger partial charge in [-0.3, -0.25) is 14.9 Å². The van der Waals surface area contributed by atoms with Crippen LogP contribution in [0.1, 0.15) is 26.2 Å². The van der Waals surface area contributed by atoms with Crippen LogP contribution < -0.4 is 0 Å². The molecule has 0 aliphatic carbocycles. The molecule has 0 saturated carbocycles. The molecular formula is C16H18N2O7S. The average Bonchev–Trinajstić information content (AvgIpc) is 2.60. The predicted molar refractivity (Wildman–Crippen MR) is 90.9 cm³/mol. The Labute approximate surface area is 150 Å². The number of hydrogen-bond donors (Lipinski definition) is 0. The molecule has 1 heterocycles. The summed E-state index contributed by atoms with van der Waals surface area (Å²) in [5.74, 6) is -0.0997. The standard InChI is InChI=1S/C16H18N2O7S/c1-3-11-9-14(10-13(19)4-2)25-16(20)17(11)26(23,24)15-7-5-12(6-8-15)18(21)22/h3,5-8,11,14H,1,4,9-10H2,2H3/t11-,14-/m0/s1. The molecule has 9 nitrogen and oxygen atoms in total. The van der Waals surface area contributed by atoms with Crippen LogP contribution in [-0.2, 0) is 19.6 Å². The summed E-state index contributed by atoms with van der Waals surface area (Å²) in [5.41, 5.74) is -0.274. The van der Waals surface area contributed by atoms with Crippen LogP contribution in [0.5, 0.6) is 0 Å². The van der Waals surface area contributed by atoms with E-state index in [1.807, 2.05) is 0 Å². The van der Waals surface area contributed by atoms with Crippen molar-refractivity contribution in [3.8, 4) is 0 Å². The summed E-state index contributed by atoms with van der Waals surface area (Å²) in [6.07, 6.45) is -0.120. The molecule has 1 aromatic carbocycles. The normalized spacial score (nSPS) is 20.3. The number of benzene rings is 1. The van der Waals surface area contributed by atoms with Crippen LogP contribution >= 0.6 is 0 Å². The first-order valence-corrected chi connectivity index (χ1v) is 9.28. The fourth-order valence-corrected chi connectivity index (χ4v) is 4.06. The summed E-state index contributed by atoms with van der Waals surface area (Å²) in [6, 6.07) is 3.29. The van der Waals surface area contributed by atoms with Crippen molar-refractivity contribution in [2.45, 2.75) is 43.2 Å². The average molecular weight is 382 g/mol. The molecule has 1 saturated heterocycles. The maximum absolute atomic E-state index is 12.8. The third kappa shape index (κ3) is 3.90. The van der Waals surface area contributed by atoms with E-state index in [1.54, 1.807) is 6.92 Å². The van der Waals surface area contributed by atoms with Crippen LogP contribution in [0, 0.1) is 10.1 Å². The fraction of sp³-hybridized carbons (Fsp3) is 0.375. The molecule has 26 heavy (non-hydrogen) atoms. The van der Waals surface area contributed by atoms with E-state index in [9.17, 15) is 28.1 Å². The summed E-state index contributed by atoms with van der Waals surface area (Å²) in [4.78, 5) is 33.6. The van der Waals surface area contributed by atoms with Gasteiger partial charge in [-0.05, 0) is 12.1 Å². The zero-order chi connectivity index (χ0) is 19.5. The molecule has 1 fully saturated rings. The first-order chi connectivity index (χ1) is 12.2. The number of nitro benzene ring substituents is 1. The van der Waals surface area contributed by atoms with Crippen LogP contribution in [0.3, 0.4) is 0 Å². The van der Waals surface area contributed by atoms with Gasteiger partial charge >= 0.3 is 6.09 Å². The lowest BCUT2D eigenvalue weighted by Gasteiger charge is -2.36. The monoisotopic (exact) mass is 382 g/mol. The van der Waals surface area contributed by atoms with Crippen LogP contribution in [-0.4, -0.2) is 41.7 Å². The molecule has 140 valence electrons. The minimum absolute atomic E-state index is 0.0119. The third-order valence-corrected chi connectivity index (χ3v) is 5.78. The van der Waals surface area contributed by atoms with E-state index < -0.39 is 33.2 Å². The van der Waals surface area contributed by atoms with Crippen molar-refractivity contribution in [2.24, 2.45) is 0 Å². The molecule has 2 rings (SSSR count). The number of amides is 1. The number of sulfonamides is 1. The van der Waals surface area contributed by atoms with Gasteiger partial charge in [-0.2, -0.15) is 4.31 Å². The van der Waals surface area contributed by atoms with Gasteiger partial charge in [0.1, 0.15) is 11.9 Å². The van der Waals surface area contributed by atoms with Gasteiger partial charge in [0.2, 0.25) is 0 Å². The Hall–Kier alpha value is -2.75. The third-order valence-electron chi connectivity index (χ3n) is 3.98. The number of hydrogen-bond acceptors (Lipinski definition) is 7. The molecule has 1 aliphatic rings. The molecule has 1 amide bonds. The molecule has 0 bridgehead atoms. The summed E-state index contributed by atoms with van der Waals surface area (Å²) in [5, 5.41) is 10.7. The minimum Gasteiger partial charge on any atom is -0.445 e. The van der Waals surface area contributed by atoms with Gasteiger partial charge < -0.3 is 4.74 Å². The zero-order valence-corrected chi connectivity index (χ0v) is 14.8. The topological polar surface area (TPSA) is 124 Å². The molecule has 10 heteroatoms. The highest BCUT2D eigenvalue weighted by molar-refractivity contribution is 7.89. The largest absolute Gasteiger partial charge is 0.445 e. The number of non-ortho nitro benzene ring substituents is 1. The van der Waals surface area contributed by atoms with Gasteiger partial charge in [0.05, 0.1) is 15.9 Å². The van der Waals surface area contributed by atoms with Crippen molar-refractivity contribution in [1.82, 2.24) is 4.31 Å². The number of ketones is 1. The van der Waals surface area contributed by atoms with Crippen LogP contribution in [0.25, 0.3) is 0 Å². The Morgan fingerprint density at radius 1 is 1.42 bits per heavy atom. The van der Waals surface area contributed by atoms with Gasteiger partial charge in [0.15, 0.2) is 0 Å². The molecule has 1 aromatic rings. The van der Waals surface area contributed by atoms with Gasteiger partial charge in [0.25, 0.3) is 15.7 Å². The number of rotatable bonds is 7. The number of nitro groups is 1. The predicted octanol–water partition coefficient (Wildman–Crippen LogP) is 2.42. The second kappa shape index (κ2) is 7.65. The van der Waals surface area contributed by atoms with Crippen LogP contribution in [0.2, 0.25) is 0 Å². The molecule has 0 N–H and O–H groups in total. The molecule has 0 aromatic heterocycles. The summed E-state index contributed by atoms with van der Waals surface area (Å²) in [7, 11) is -4.29. The van der Waals surface area contributed by atoms with Gasteiger partial charge in [-0.15, -0.1) is 6.58 Å². The lowest BCUT2D eigenvalue weighted by Crippen LogP contribution is -2.51. The van der Waals surface area contributed by atoms with Crippen LogP contribution in [0.4, 0.5) is 10.5 Å². The molecule has 1 aliphatic heterocycles. The first-order valence-electron chi connectivity index (χ1n) is 7.84. The van der Waals surface area contributed by atoms with E-state index >= 15 is 0 Å². The first kappa shape index (κ1) is 19.6. The van der Waals surface area contributed by atoms with Crippen molar-refractivity contribution in [2.75, 3.05) is 0 Å². The number of carbonyl (C=O) groups is 2. The molecular weight excluding hydrogens is 364 g/mol. The van der Waals surface area contributed by atoms with Crippen molar-refractivity contribution in [3.63, 3.8) is 0 Å². The Balaban J connectivity index is 2.30. The Morgan fingerprint density at radius 3 is 2.54 bits per heavy atom. The van der Waals surface area contributed by atoms with Gasteiger partial charge in [-0.1, -0.05) is 13.0 Å². The fourth-order valence-electron chi connectivity index (χ4n) is 2.59. The smallest absolute Gasteiger partial charge is 0.424 e. The Morgan fingerprint density at radius 2 is 2.04 bits per heavy atom. The Kier molecular flexibility index (Phi) is 5.76. The van der Waals surface area contributed by atoms with Gasteiger partial charge in [0, 0.05) is 31.4 Å². The van der Waals surface area contributed by atoms with E-state index in [2.05, 4.69) is 6.58 Å². The van der Waals surface area contributed by atoms with Crippen LogP contribution in [0.15, 0.2) is 41.8 Å². The summed E-state index contributed by atoms with van der Waals surface area (Å²) >= 11 is 0. The lowest BCUT2D eigenvalue weighted by atomic mass is 10.0. The molecule has 0 spiro atoms. The van der Waals surface area contributed by atoms with E-state index in [-0.39, 0.29) is 35.6 Å². The highest BCUT2D eigenvalue weighted by Gasteiger charge is 2.42. The highest BCUT2D eigenvalue weighted by Crippen LogP contribution is 2.29. The number of carbonyl (C=O) groups excluding carboxylic acids is 2. The molecule has 0 unspecified atom stereocenters. The van der Waals surface area contributed by atoms with Crippen molar-refractivity contribution in [3.05, 3.63) is 47.0 Å². The number of cyclic esters (lactones) is 1. The number of ether oxygens (including phenoxy) is 1. The quantitative estimate of drug-likeness (QED) is 0.403. The maximum Gasteiger partial charge on any atom is 0.424 e. The maximum atomic E-state index is 12.8. The van der Waals surface area contributed by atoms with E-state index in [0.29, 0.717) is 4.31 Å². The van der Waals surface area contributed by atoms with Crippen molar-refractivity contribution in [1.29, 1.82) is 0 Å². The highest BCUT2D eigenvalue weighted by atomic mass is 32.2. The lowest BCUT2D eigenvalue weighted by molar-refractivity contribution is -0.384. The second-order valence-corrected chi connectivity index (χ2v) is 7.51. The second-order valence-electron chi connectivity index (χ2n) is 5.69. The zero-order valence-electron chi connectivity index (χ0n) is 14.0.